The number of rotatable bonds is 10. The third-order valence-corrected chi connectivity index (χ3v) is 10.2. The summed E-state index contributed by atoms with van der Waals surface area (Å²) in [6.07, 6.45) is 19.6. The van der Waals surface area contributed by atoms with Crippen molar-refractivity contribution >= 4 is 15.3 Å². The lowest BCUT2D eigenvalue weighted by atomic mass is 9.88. The Morgan fingerprint density at radius 2 is 1.56 bits per heavy atom. The summed E-state index contributed by atoms with van der Waals surface area (Å²) in [7, 11) is 0.225. The SMILES string of the molecule is C=CC1CC(/C=C\C2CC(/C=C\C3CC(C=C)C(POC=O)C3C)[CH]C2C)C(CO)C1C. The molecule has 1 N–H and O–H groups in total. The van der Waals surface area contributed by atoms with Gasteiger partial charge in [0.15, 0.2) is 0 Å². The van der Waals surface area contributed by atoms with Crippen LogP contribution in [0.15, 0.2) is 49.6 Å². The number of aliphatic hydroxyl groups excluding tert-OH is 1. The standard InChI is InChI=1S/C28H42O3P/c1-6-22-14-26(27(16-29)19(22)4)11-10-24-13-21(12-18(24)3)8-9-25-15-23(7-2)28(20(25)5)32-31-17-30/h6-12,17-29,32H,1-2,13-16H2,3-5H3/b9-8-,11-10-. The number of aliphatic hydroxyl groups is 1. The normalized spacial score (nSPS) is 44.8. The molecule has 3 fully saturated rings. The van der Waals surface area contributed by atoms with E-state index in [9.17, 15) is 9.90 Å². The van der Waals surface area contributed by atoms with E-state index in [0.717, 1.165) is 19.3 Å². The number of carbonyl (C=O) groups excluding carboxylic acids is 1. The fourth-order valence-corrected chi connectivity index (χ4v) is 7.60. The molecule has 4 heteroatoms. The molecule has 12 atom stereocenters. The van der Waals surface area contributed by atoms with Crippen LogP contribution < -0.4 is 0 Å². The van der Waals surface area contributed by atoms with Crippen molar-refractivity contribution in [2.45, 2.75) is 45.7 Å². The predicted octanol–water partition coefficient (Wildman–Crippen LogP) is 6.24. The average molecular weight is 458 g/mol. The third-order valence-electron chi connectivity index (χ3n) is 8.74. The van der Waals surface area contributed by atoms with Gasteiger partial charge in [-0.05, 0) is 84.9 Å². The average Bonchev–Trinajstić information content (AvgIpc) is 3.41. The van der Waals surface area contributed by atoms with Crippen LogP contribution in [0.4, 0.5) is 0 Å². The molecule has 0 aromatic heterocycles. The molecule has 0 amide bonds. The molecule has 32 heavy (non-hydrogen) atoms. The van der Waals surface area contributed by atoms with Crippen molar-refractivity contribution in [1.29, 1.82) is 0 Å². The van der Waals surface area contributed by atoms with Crippen molar-refractivity contribution in [2.24, 2.45) is 59.2 Å². The maximum Gasteiger partial charge on any atom is 0.295 e. The van der Waals surface area contributed by atoms with Crippen LogP contribution in [0.1, 0.15) is 40.0 Å². The Kier molecular flexibility index (Phi) is 9.38. The molecule has 3 saturated carbocycles. The largest absolute Gasteiger partial charge is 0.450 e. The Balaban J connectivity index is 1.56. The van der Waals surface area contributed by atoms with Gasteiger partial charge in [-0.1, -0.05) is 57.2 Å². The third kappa shape index (κ3) is 5.65. The molecule has 1 radical (unpaired) electrons. The van der Waals surface area contributed by atoms with Crippen LogP contribution >= 0.6 is 8.81 Å². The van der Waals surface area contributed by atoms with Crippen LogP contribution in [0.2, 0.25) is 0 Å². The molecule has 0 aromatic rings. The lowest BCUT2D eigenvalue weighted by Crippen LogP contribution is -2.17. The van der Waals surface area contributed by atoms with Gasteiger partial charge in [-0.3, -0.25) is 4.79 Å². The van der Waals surface area contributed by atoms with Gasteiger partial charge in [0, 0.05) is 12.3 Å². The Bertz CT molecular complexity index is 701. The van der Waals surface area contributed by atoms with Gasteiger partial charge in [0.05, 0.1) is 8.81 Å². The summed E-state index contributed by atoms with van der Waals surface area (Å²) in [6, 6.07) is 0. The van der Waals surface area contributed by atoms with Crippen molar-refractivity contribution in [1.82, 2.24) is 0 Å². The zero-order valence-electron chi connectivity index (χ0n) is 20.0. The first kappa shape index (κ1) is 25.4. The first-order chi connectivity index (χ1) is 15.4. The summed E-state index contributed by atoms with van der Waals surface area (Å²) < 4.78 is 5.12. The van der Waals surface area contributed by atoms with Gasteiger partial charge in [0.25, 0.3) is 6.47 Å². The minimum Gasteiger partial charge on any atom is -0.450 e. The Morgan fingerprint density at radius 3 is 2.22 bits per heavy atom. The van der Waals surface area contributed by atoms with E-state index in [0.29, 0.717) is 71.3 Å². The molecule has 3 nitrogen and oxygen atoms in total. The smallest absolute Gasteiger partial charge is 0.295 e. The molecule has 177 valence electrons. The minimum atomic E-state index is 0.225. The van der Waals surface area contributed by atoms with Crippen LogP contribution in [0.25, 0.3) is 0 Å². The van der Waals surface area contributed by atoms with Crippen LogP contribution in [0.3, 0.4) is 0 Å². The van der Waals surface area contributed by atoms with Crippen LogP contribution in [-0.4, -0.2) is 23.8 Å². The van der Waals surface area contributed by atoms with Crippen LogP contribution in [-0.2, 0) is 9.32 Å². The highest BCUT2D eigenvalue weighted by Gasteiger charge is 2.40. The molecule has 0 bridgehead atoms. The van der Waals surface area contributed by atoms with Crippen molar-refractivity contribution in [2.75, 3.05) is 6.61 Å². The van der Waals surface area contributed by atoms with E-state index in [-0.39, 0.29) is 15.4 Å². The number of hydrogen-bond donors (Lipinski definition) is 1. The highest BCUT2D eigenvalue weighted by molar-refractivity contribution is 7.33. The second kappa shape index (κ2) is 11.8. The van der Waals surface area contributed by atoms with Gasteiger partial charge in [0.1, 0.15) is 0 Å². The molecule has 3 aliphatic rings. The molecule has 12 unspecified atom stereocenters. The van der Waals surface area contributed by atoms with E-state index >= 15 is 0 Å². The second-order valence-corrected chi connectivity index (χ2v) is 11.5. The Hall–Kier alpha value is -1.18. The molecule has 0 spiro atoms. The summed E-state index contributed by atoms with van der Waals surface area (Å²) in [5.74, 6) is 4.92. The molecular formula is C28H42O3P. The van der Waals surface area contributed by atoms with Crippen molar-refractivity contribution in [3.05, 3.63) is 56.0 Å². The zero-order valence-corrected chi connectivity index (χ0v) is 21.0. The maximum absolute atomic E-state index is 10.6. The van der Waals surface area contributed by atoms with E-state index in [1.807, 2.05) is 6.08 Å². The highest BCUT2D eigenvalue weighted by atomic mass is 31.1. The van der Waals surface area contributed by atoms with E-state index in [2.05, 4.69) is 70.7 Å². The number of hydrogen-bond acceptors (Lipinski definition) is 3. The summed E-state index contributed by atoms with van der Waals surface area (Å²) in [5, 5.41) is 9.89. The molecule has 0 saturated heterocycles. The number of carbonyl (C=O) groups is 1. The Labute approximate surface area is 197 Å². The first-order valence-electron chi connectivity index (χ1n) is 12.4. The molecule has 3 rings (SSSR count). The van der Waals surface area contributed by atoms with Crippen LogP contribution in [0.5, 0.6) is 0 Å². The molecule has 0 aliphatic heterocycles. The lowest BCUT2D eigenvalue weighted by molar-refractivity contribution is -0.119. The van der Waals surface area contributed by atoms with Crippen molar-refractivity contribution in [3.8, 4) is 0 Å². The van der Waals surface area contributed by atoms with E-state index < -0.39 is 0 Å². The summed E-state index contributed by atoms with van der Waals surface area (Å²) in [4.78, 5) is 10.6. The summed E-state index contributed by atoms with van der Waals surface area (Å²) in [6.45, 7) is 15.7. The molecule has 3 aliphatic carbocycles. The first-order valence-corrected chi connectivity index (χ1v) is 13.3. The Morgan fingerprint density at radius 1 is 0.906 bits per heavy atom. The van der Waals surface area contributed by atoms with Crippen molar-refractivity contribution < 1.29 is 14.4 Å². The van der Waals surface area contributed by atoms with Gasteiger partial charge in [0.2, 0.25) is 0 Å². The fraction of sp³-hybridized carbons (Fsp3) is 0.643. The van der Waals surface area contributed by atoms with Gasteiger partial charge in [-0.15, -0.1) is 13.2 Å². The van der Waals surface area contributed by atoms with E-state index in [1.54, 1.807) is 0 Å². The minimum absolute atomic E-state index is 0.225. The molecule has 0 heterocycles. The monoisotopic (exact) mass is 457 g/mol. The van der Waals surface area contributed by atoms with Gasteiger partial charge in [-0.25, -0.2) is 0 Å². The zero-order chi connectivity index (χ0) is 23.3. The van der Waals surface area contributed by atoms with Crippen molar-refractivity contribution in [3.63, 3.8) is 0 Å². The van der Waals surface area contributed by atoms with Gasteiger partial charge >= 0.3 is 0 Å². The van der Waals surface area contributed by atoms with E-state index in [4.69, 9.17) is 4.52 Å². The number of allylic oxidation sites excluding steroid dienone is 6. The van der Waals surface area contributed by atoms with E-state index in [1.165, 1.54) is 0 Å². The topological polar surface area (TPSA) is 46.5 Å². The fourth-order valence-electron chi connectivity index (χ4n) is 6.48. The highest BCUT2D eigenvalue weighted by Crippen LogP contribution is 2.48. The summed E-state index contributed by atoms with van der Waals surface area (Å²) in [5.41, 5.74) is 0.391. The van der Waals surface area contributed by atoms with Gasteiger partial charge < -0.3 is 9.63 Å². The van der Waals surface area contributed by atoms with Crippen LogP contribution in [0, 0.1) is 65.6 Å². The predicted molar refractivity (Wildman–Crippen MR) is 135 cm³/mol. The quantitative estimate of drug-likeness (QED) is 0.240. The molecular weight excluding hydrogens is 415 g/mol. The summed E-state index contributed by atoms with van der Waals surface area (Å²) >= 11 is 0. The maximum atomic E-state index is 10.6. The molecule has 0 aromatic carbocycles. The second-order valence-electron chi connectivity index (χ2n) is 10.4. The van der Waals surface area contributed by atoms with Gasteiger partial charge in [-0.2, -0.15) is 0 Å². The lowest BCUT2D eigenvalue weighted by Gasteiger charge is -2.19.